The molecule has 6 heteroatoms. The maximum Gasteiger partial charge on any atom is 0.306 e. The molecular weight excluding hydrogens is 813 g/mol. The minimum atomic E-state index is -0.0159. The third kappa shape index (κ3) is 34.4. The second kappa shape index (κ2) is 42.3. The Balaban J connectivity index is 1.79. The molecule has 66 heavy (non-hydrogen) atoms. The topological polar surface area (TPSA) is 59.1 Å². The highest BCUT2D eigenvalue weighted by Crippen LogP contribution is 2.33. The van der Waals surface area contributed by atoms with Crippen LogP contribution in [-0.4, -0.2) is 60.6 Å². The first-order valence-corrected chi connectivity index (χ1v) is 28.3. The highest BCUT2D eigenvalue weighted by Gasteiger charge is 2.19. The Morgan fingerprint density at radius 3 is 1.59 bits per heavy atom. The highest BCUT2D eigenvalue weighted by atomic mass is 16.5. The van der Waals surface area contributed by atoms with Crippen molar-refractivity contribution in [3.63, 3.8) is 0 Å². The Bertz CT molecular complexity index is 1370. The number of nitrogens with zero attached hydrogens (tertiary/aromatic N) is 2. The number of ether oxygens (including phenoxy) is 2. The fraction of sp³-hybridized carbons (Fsp3) is 0.767. The normalized spacial score (nSPS) is 12.4. The van der Waals surface area contributed by atoms with Crippen LogP contribution in [0.4, 0.5) is 0 Å². The number of rotatable bonds is 47. The first kappa shape index (κ1) is 59.3. The van der Waals surface area contributed by atoms with Crippen molar-refractivity contribution in [2.75, 3.05) is 32.8 Å². The van der Waals surface area contributed by atoms with Crippen LogP contribution in [0.2, 0.25) is 0 Å². The second-order valence-corrected chi connectivity index (χ2v) is 20.0. The molecule has 0 saturated heterocycles. The molecule has 0 N–H and O–H groups in total. The van der Waals surface area contributed by atoms with Crippen LogP contribution in [0.3, 0.4) is 0 Å². The molecule has 1 aliphatic carbocycles. The molecule has 0 bridgehead atoms. The smallest absolute Gasteiger partial charge is 0.306 e. The van der Waals surface area contributed by atoms with E-state index in [1.165, 1.54) is 172 Å². The van der Waals surface area contributed by atoms with Gasteiger partial charge in [-0.05, 0) is 127 Å². The summed E-state index contributed by atoms with van der Waals surface area (Å²) in [5, 5.41) is 0. The summed E-state index contributed by atoms with van der Waals surface area (Å²) in [5.41, 5.74) is 5.45. The van der Waals surface area contributed by atoms with Crippen LogP contribution in [0.25, 0.3) is 0 Å². The minimum absolute atomic E-state index is 0.0159. The maximum atomic E-state index is 13.0. The Morgan fingerprint density at radius 1 is 0.576 bits per heavy atom. The van der Waals surface area contributed by atoms with Gasteiger partial charge < -0.3 is 19.3 Å². The molecule has 1 saturated carbocycles. The van der Waals surface area contributed by atoms with Gasteiger partial charge in [-0.1, -0.05) is 198 Å². The number of benzene rings is 1. The Labute approximate surface area is 408 Å². The number of unbranched alkanes of at least 4 members (excludes halogenated alkanes) is 23. The Hall–Kier alpha value is -2.86. The molecule has 0 unspecified atom stereocenters. The summed E-state index contributed by atoms with van der Waals surface area (Å²) >= 11 is 0. The molecule has 0 atom stereocenters. The van der Waals surface area contributed by atoms with Gasteiger partial charge in [0, 0.05) is 31.3 Å². The molecule has 0 amide bonds. The van der Waals surface area contributed by atoms with Crippen molar-refractivity contribution in [2.24, 2.45) is 0 Å². The van der Waals surface area contributed by atoms with Gasteiger partial charge in [-0.3, -0.25) is 9.59 Å². The van der Waals surface area contributed by atoms with Crippen LogP contribution in [-0.2, 0) is 25.5 Å². The van der Waals surface area contributed by atoms with Crippen molar-refractivity contribution in [1.82, 2.24) is 9.80 Å². The fourth-order valence-electron chi connectivity index (χ4n) is 9.12. The Morgan fingerprint density at radius 2 is 1.05 bits per heavy atom. The van der Waals surface area contributed by atoms with Gasteiger partial charge >= 0.3 is 11.9 Å². The van der Waals surface area contributed by atoms with Gasteiger partial charge in [0.25, 0.3) is 0 Å². The predicted octanol–water partition coefficient (Wildman–Crippen LogP) is 17.4. The second-order valence-electron chi connectivity index (χ2n) is 20.0. The van der Waals surface area contributed by atoms with Crippen molar-refractivity contribution in [1.29, 1.82) is 0 Å². The van der Waals surface area contributed by atoms with E-state index >= 15 is 0 Å². The number of esters is 2. The molecule has 0 radical (unpaired) electrons. The van der Waals surface area contributed by atoms with E-state index in [1.807, 2.05) is 0 Å². The van der Waals surface area contributed by atoms with Crippen molar-refractivity contribution in [3.8, 4) is 0 Å². The van der Waals surface area contributed by atoms with Gasteiger partial charge in [0.15, 0.2) is 0 Å². The number of hydrogen-bond acceptors (Lipinski definition) is 6. The molecular formula is C60H104N2O4. The first-order chi connectivity index (χ1) is 32.4. The molecule has 1 aliphatic rings. The molecule has 0 aromatic heterocycles. The summed E-state index contributed by atoms with van der Waals surface area (Å²) in [6.45, 7) is 18.4. The molecule has 1 aromatic carbocycles. The molecule has 6 nitrogen and oxygen atoms in total. The highest BCUT2D eigenvalue weighted by molar-refractivity contribution is 5.69. The van der Waals surface area contributed by atoms with E-state index < -0.39 is 0 Å². The van der Waals surface area contributed by atoms with Gasteiger partial charge in [-0.2, -0.15) is 0 Å². The number of hydrogen-bond donors (Lipinski definition) is 0. The van der Waals surface area contributed by atoms with E-state index in [0.29, 0.717) is 19.4 Å². The third-order valence-corrected chi connectivity index (χ3v) is 13.6. The summed E-state index contributed by atoms with van der Waals surface area (Å²) < 4.78 is 11.6. The lowest BCUT2D eigenvalue weighted by Gasteiger charge is -2.26. The number of allylic oxidation sites excluding steroid dienone is 4. The van der Waals surface area contributed by atoms with E-state index in [1.54, 1.807) is 5.57 Å². The van der Waals surface area contributed by atoms with E-state index in [0.717, 1.165) is 89.5 Å². The number of carbonyl (C=O) groups is 2. The monoisotopic (exact) mass is 917 g/mol. The summed E-state index contributed by atoms with van der Waals surface area (Å²) in [4.78, 5) is 30.4. The molecule has 0 spiro atoms. The van der Waals surface area contributed by atoms with Gasteiger partial charge in [0.1, 0.15) is 6.10 Å². The van der Waals surface area contributed by atoms with Crippen LogP contribution in [0.5, 0.6) is 0 Å². The van der Waals surface area contributed by atoms with Crippen LogP contribution in [0.15, 0.2) is 66.0 Å². The summed E-state index contributed by atoms with van der Waals surface area (Å²) in [5.74, 6) is 0.0152. The van der Waals surface area contributed by atoms with Gasteiger partial charge in [0.2, 0.25) is 0 Å². The standard InChI is InChI=1S/C60H104N2O4/c1-6-9-12-15-20-30-40-58(41-31-21-16-13-10-7-2)66-60(64)43-33-23-19-25-35-48-61(47-34-24-18-22-32-42-59(63)65-52-36-26-17-14-11-8-3)49-37-50-62(55(5)57-44-45-57)51-46-54(4)53-56-38-28-27-29-39-56/h27-29,38-39,46,51,58H,4,6-26,30-37,40-45,47-50,52-53H2,1-3,5H3/b51-46-. The Kier molecular flexibility index (Phi) is 37.9. The lowest BCUT2D eigenvalue weighted by atomic mass is 10.0. The molecule has 2 rings (SSSR count). The van der Waals surface area contributed by atoms with Crippen LogP contribution in [0.1, 0.15) is 258 Å². The average Bonchev–Trinajstić information content (AvgIpc) is 4.17. The average molecular weight is 918 g/mol. The summed E-state index contributed by atoms with van der Waals surface area (Å²) in [6, 6.07) is 10.6. The van der Waals surface area contributed by atoms with Crippen molar-refractivity contribution in [2.45, 2.75) is 265 Å². The number of carbonyl (C=O) groups excluding carboxylic acids is 2. The predicted molar refractivity (Wildman–Crippen MR) is 284 cm³/mol. The molecule has 1 aromatic rings. The fourth-order valence-corrected chi connectivity index (χ4v) is 9.12. The van der Waals surface area contributed by atoms with Crippen molar-refractivity contribution in [3.05, 3.63) is 71.6 Å². The lowest BCUT2D eigenvalue weighted by molar-refractivity contribution is -0.150. The molecule has 0 heterocycles. The van der Waals surface area contributed by atoms with Gasteiger partial charge in [-0.15, -0.1) is 0 Å². The van der Waals surface area contributed by atoms with E-state index in [4.69, 9.17) is 9.47 Å². The van der Waals surface area contributed by atoms with Crippen molar-refractivity contribution < 1.29 is 19.1 Å². The van der Waals surface area contributed by atoms with Gasteiger partial charge in [-0.25, -0.2) is 0 Å². The first-order valence-electron chi connectivity index (χ1n) is 28.3. The largest absolute Gasteiger partial charge is 0.466 e. The minimum Gasteiger partial charge on any atom is -0.466 e. The van der Waals surface area contributed by atoms with Crippen LogP contribution < -0.4 is 0 Å². The molecule has 0 aliphatic heterocycles. The van der Waals surface area contributed by atoms with Gasteiger partial charge in [0.05, 0.1) is 6.61 Å². The maximum absolute atomic E-state index is 13.0. The van der Waals surface area contributed by atoms with E-state index in [2.05, 4.69) is 86.7 Å². The zero-order valence-electron chi connectivity index (χ0n) is 43.8. The van der Waals surface area contributed by atoms with Crippen LogP contribution in [0, 0.1) is 0 Å². The third-order valence-electron chi connectivity index (χ3n) is 13.6. The van der Waals surface area contributed by atoms with Crippen LogP contribution >= 0.6 is 0 Å². The van der Waals surface area contributed by atoms with Crippen molar-refractivity contribution >= 4 is 11.9 Å². The van der Waals surface area contributed by atoms with E-state index in [-0.39, 0.29) is 18.0 Å². The quantitative estimate of drug-likeness (QED) is 0.0369. The summed E-state index contributed by atoms with van der Waals surface area (Å²) in [6.07, 6.45) is 46.2. The van der Waals surface area contributed by atoms with E-state index in [9.17, 15) is 9.59 Å². The molecule has 1 fully saturated rings. The zero-order chi connectivity index (χ0) is 47.6. The summed E-state index contributed by atoms with van der Waals surface area (Å²) in [7, 11) is 0. The zero-order valence-corrected chi connectivity index (χ0v) is 43.8. The SMILES string of the molecule is C=C(/C=C\N(CCCN(CCCCCCCC(=O)OCCCCCCCC)CCCCCCCC(=O)OC(CCCCCCCC)CCCCCCCC)C(C)=C1CC1)Cc1ccccc1. The molecule has 378 valence electrons. The lowest BCUT2D eigenvalue weighted by Crippen LogP contribution is -2.30.